The van der Waals surface area contributed by atoms with Crippen LogP contribution in [0.3, 0.4) is 0 Å². The summed E-state index contributed by atoms with van der Waals surface area (Å²) in [6.07, 6.45) is 6.24. The van der Waals surface area contributed by atoms with Crippen LogP contribution in [0, 0.1) is 0 Å². The minimum Gasteiger partial charge on any atom is -0.373 e. The number of carbonyl (C=O) groups excluding carboxylic acids is 1. The van der Waals surface area contributed by atoms with Crippen molar-refractivity contribution < 1.29 is 9.53 Å². The van der Waals surface area contributed by atoms with Gasteiger partial charge in [0.1, 0.15) is 16.9 Å². The third kappa shape index (κ3) is 2.96. The molecule has 0 spiro atoms. The quantitative estimate of drug-likeness (QED) is 0.852. The molecule has 0 aromatic carbocycles. The molecule has 2 saturated heterocycles. The number of hydrogen-bond donors (Lipinski definition) is 0. The second-order valence-electron chi connectivity index (χ2n) is 6.99. The first-order valence-corrected chi connectivity index (χ1v) is 9.58. The highest BCUT2D eigenvalue weighted by atomic mass is 32.1. The van der Waals surface area contributed by atoms with Crippen LogP contribution in [0.1, 0.15) is 37.2 Å². The number of ether oxygens (including phenoxy) is 1. The number of morpholine rings is 1. The minimum atomic E-state index is 0.135. The summed E-state index contributed by atoms with van der Waals surface area (Å²) in [4.78, 5) is 22.7. The largest absolute Gasteiger partial charge is 0.373 e. The predicted octanol–water partition coefficient (Wildman–Crippen LogP) is 2.11. The van der Waals surface area contributed by atoms with Gasteiger partial charge in [0.2, 0.25) is 0 Å². The minimum absolute atomic E-state index is 0.135. The molecule has 2 aromatic rings. The van der Waals surface area contributed by atoms with E-state index in [2.05, 4.69) is 28.6 Å². The maximum atomic E-state index is 13.0. The molecule has 0 saturated carbocycles. The summed E-state index contributed by atoms with van der Waals surface area (Å²) in [6, 6.07) is 0.300. The summed E-state index contributed by atoms with van der Waals surface area (Å²) < 4.78 is 7.73. The Balaban J connectivity index is 1.48. The Hall–Kier alpha value is -1.44. The van der Waals surface area contributed by atoms with Gasteiger partial charge in [0.15, 0.2) is 0 Å². The fraction of sp³-hybridized carbons (Fsp3) is 0.647. The molecule has 7 heteroatoms. The van der Waals surface area contributed by atoms with E-state index in [1.807, 2.05) is 9.78 Å². The topological polar surface area (TPSA) is 50.1 Å². The highest BCUT2D eigenvalue weighted by molar-refractivity contribution is 7.15. The number of likely N-dealkylation sites (tertiary alicyclic amines) is 1. The van der Waals surface area contributed by atoms with Gasteiger partial charge in [-0.1, -0.05) is 0 Å². The van der Waals surface area contributed by atoms with Gasteiger partial charge in [0.05, 0.1) is 18.4 Å². The van der Waals surface area contributed by atoms with Crippen molar-refractivity contribution in [3.05, 3.63) is 23.6 Å². The monoisotopic (exact) mass is 348 g/mol. The molecule has 2 aromatic heterocycles. The molecule has 24 heavy (non-hydrogen) atoms. The average Bonchev–Trinajstić information content (AvgIpc) is 3.21. The number of aromatic nitrogens is 2. The average molecular weight is 348 g/mol. The number of rotatable bonds is 3. The van der Waals surface area contributed by atoms with Crippen LogP contribution in [0.2, 0.25) is 0 Å². The van der Waals surface area contributed by atoms with E-state index in [1.165, 1.54) is 0 Å². The van der Waals surface area contributed by atoms with Crippen molar-refractivity contribution in [3.63, 3.8) is 0 Å². The molecule has 2 aliphatic rings. The van der Waals surface area contributed by atoms with Gasteiger partial charge in [0.25, 0.3) is 5.91 Å². The van der Waals surface area contributed by atoms with Gasteiger partial charge in [-0.2, -0.15) is 0 Å². The molecule has 0 N–H and O–H groups in total. The van der Waals surface area contributed by atoms with Gasteiger partial charge in [-0.3, -0.25) is 14.1 Å². The number of imidazole rings is 1. The summed E-state index contributed by atoms with van der Waals surface area (Å²) in [5.74, 6) is 0.135. The van der Waals surface area contributed by atoms with Crippen LogP contribution >= 0.6 is 11.3 Å². The fourth-order valence-electron chi connectivity index (χ4n) is 4.05. The number of carbonyl (C=O) groups is 1. The zero-order valence-corrected chi connectivity index (χ0v) is 15.0. The maximum absolute atomic E-state index is 13.0. The van der Waals surface area contributed by atoms with E-state index < -0.39 is 0 Å². The smallest absolute Gasteiger partial charge is 0.272 e. The number of amides is 1. The van der Waals surface area contributed by atoms with Crippen LogP contribution in [0.25, 0.3) is 4.83 Å². The third-order valence-corrected chi connectivity index (χ3v) is 5.86. The van der Waals surface area contributed by atoms with E-state index in [0.717, 1.165) is 49.5 Å². The molecule has 0 radical (unpaired) electrons. The highest BCUT2D eigenvalue weighted by Gasteiger charge is 2.33. The van der Waals surface area contributed by atoms with Crippen LogP contribution < -0.4 is 0 Å². The third-order valence-electron chi connectivity index (χ3n) is 4.98. The van der Waals surface area contributed by atoms with E-state index in [9.17, 15) is 4.79 Å². The molecule has 2 aliphatic heterocycles. The van der Waals surface area contributed by atoms with E-state index in [4.69, 9.17) is 4.74 Å². The maximum Gasteiger partial charge on any atom is 0.272 e. The van der Waals surface area contributed by atoms with Crippen LogP contribution in [0.4, 0.5) is 0 Å². The molecular weight excluding hydrogens is 324 g/mol. The van der Waals surface area contributed by atoms with Crippen molar-refractivity contribution >= 4 is 22.1 Å². The summed E-state index contributed by atoms with van der Waals surface area (Å²) in [5.41, 5.74) is 0.739. The van der Waals surface area contributed by atoms with Gasteiger partial charge in [-0.25, -0.2) is 4.98 Å². The Morgan fingerprint density at radius 2 is 2.17 bits per heavy atom. The van der Waals surface area contributed by atoms with Gasteiger partial charge in [-0.15, -0.1) is 11.3 Å². The molecule has 130 valence electrons. The molecular formula is C17H24N4O2S. The first kappa shape index (κ1) is 16.1. The molecule has 0 bridgehead atoms. The second kappa shape index (κ2) is 6.46. The molecule has 1 amide bonds. The molecule has 0 unspecified atom stereocenters. The van der Waals surface area contributed by atoms with Crippen molar-refractivity contribution in [2.24, 2.45) is 0 Å². The molecule has 4 heterocycles. The van der Waals surface area contributed by atoms with Gasteiger partial charge >= 0.3 is 0 Å². The number of hydrogen-bond acceptors (Lipinski definition) is 5. The molecule has 0 aliphatic carbocycles. The lowest BCUT2D eigenvalue weighted by atomic mass is 10.1. The zero-order valence-electron chi connectivity index (χ0n) is 14.2. The summed E-state index contributed by atoms with van der Waals surface area (Å²) in [5, 5.41) is 1.95. The Morgan fingerprint density at radius 3 is 2.96 bits per heavy atom. The van der Waals surface area contributed by atoms with Crippen molar-refractivity contribution in [3.8, 4) is 0 Å². The second-order valence-corrected chi connectivity index (χ2v) is 7.88. The van der Waals surface area contributed by atoms with Crippen molar-refractivity contribution in [2.75, 3.05) is 26.2 Å². The van der Waals surface area contributed by atoms with E-state index in [1.54, 1.807) is 23.9 Å². The van der Waals surface area contributed by atoms with Gasteiger partial charge < -0.3 is 9.64 Å². The SMILES string of the molecule is C[C@@H]1CN(C[C@H]2CCCN2C(=O)c2csc3cncn23)C[C@@H](C)O1. The summed E-state index contributed by atoms with van der Waals surface area (Å²) in [6.45, 7) is 7.95. The van der Waals surface area contributed by atoms with Gasteiger partial charge in [-0.05, 0) is 26.7 Å². The lowest BCUT2D eigenvalue weighted by Crippen LogP contribution is -2.51. The lowest BCUT2D eigenvalue weighted by Gasteiger charge is -2.38. The van der Waals surface area contributed by atoms with E-state index in [0.29, 0.717) is 6.04 Å². The summed E-state index contributed by atoms with van der Waals surface area (Å²) >= 11 is 1.57. The van der Waals surface area contributed by atoms with Crippen molar-refractivity contribution in [1.29, 1.82) is 0 Å². The van der Waals surface area contributed by atoms with Crippen molar-refractivity contribution in [1.82, 2.24) is 19.2 Å². The predicted molar refractivity (Wildman–Crippen MR) is 93.6 cm³/mol. The first-order chi connectivity index (χ1) is 11.6. The van der Waals surface area contributed by atoms with Crippen LogP contribution in [0.15, 0.2) is 17.9 Å². The zero-order chi connectivity index (χ0) is 16.7. The van der Waals surface area contributed by atoms with Gasteiger partial charge in [0, 0.05) is 37.6 Å². The van der Waals surface area contributed by atoms with Crippen LogP contribution in [0.5, 0.6) is 0 Å². The normalized spacial score (nSPS) is 28.8. The molecule has 3 atom stereocenters. The Bertz CT molecular complexity index is 717. The Kier molecular flexibility index (Phi) is 4.32. The molecule has 4 rings (SSSR count). The first-order valence-electron chi connectivity index (χ1n) is 8.70. The fourth-order valence-corrected chi connectivity index (χ4v) is 4.88. The Labute approximate surface area is 146 Å². The molecule has 2 fully saturated rings. The standard InChI is InChI=1S/C17H24N4O2S/c1-12-7-19(8-13(2)23-12)9-14-4-3-5-20(14)17(22)15-10-24-16-6-18-11-21(15)16/h6,10-14H,3-5,7-9H2,1-2H3/t12-,13-,14-/m1/s1. The molecule has 6 nitrogen and oxygen atoms in total. The van der Waals surface area contributed by atoms with E-state index in [-0.39, 0.29) is 18.1 Å². The van der Waals surface area contributed by atoms with Crippen LogP contribution in [-0.2, 0) is 4.74 Å². The summed E-state index contributed by atoms with van der Waals surface area (Å²) in [7, 11) is 0. The highest BCUT2D eigenvalue weighted by Crippen LogP contribution is 2.24. The number of thiazole rings is 1. The lowest BCUT2D eigenvalue weighted by molar-refractivity contribution is -0.0715. The Morgan fingerprint density at radius 1 is 1.38 bits per heavy atom. The van der Waals surface area contributed by atoms with E-state index >= 15 is 0 Å². The van der Waals surface area contributed by atoms with Crippen LogP contribution in [-0.4, -0.2) is 69.5 Å². The number of fused-ring (bicyclic) bond motifs is 1. The number of nitrogens with zero attached hydrogens (tertiary/aromatic N) is 4. The van der Waals surface area contributed by atoms with Crippen molar-refractivity contribution in [2.45, 2.75) is 44.9 Å².